The minimum absolute atomic E-state index is 0.128. The summed E-state index contributed by atoms with van der Waals surface area (Å²) in [4.78, 5) is 0. The number of methoxy groups -OCH3 is 1. The monoisotopic (exact) mass is 285 g/mol. The van der Waals surface area contributed by atoms with Gasteiger partial charge in [0, 0.05) is 12.5 Å². The molecule has 0 heterocycles. The van der Waals surface area contributed by atoms with E-state index in [2.05, 4.69) is 6.07 Å². The van der Waals surface area contributed by atoms with E-state index >= 15 is 0 Å². The van der Waals surface area contributed by atoms with E-state index in [1.165, 1.54) is 0 Å². The van der Waals surface area contributed by atoms with Crippen LogP contribution in [0.4, 0.5) is 0 Å². The van der Waals surface area contributed by atoms with Crippen molar-refractivity contribution in [2.75, 3.05) is 13.7 Å². The lowest BCUT2D eigenvalue weighted by Gasteiger charge is -2.23. The number of aryl methyl sites for hydroxylation is 2. The Balaban J connectivity index is 2.30. The maximum Gasteiger partial charge on any atom is 0.118 e. The Morgan fingerprint density at radius 2 is 1.57 bits per heavy atom. The van der Waals surface area contributed by atoms with Gasteiger partial charge in [0.05, 0.1) is 13.2 Å². The minimum Gasteiger partial charge on any atom is -0.497 e. The van der Waals surface area contributed by atoms with Gasteiger partial charge in [-0.3, -0.25) is 0 Å². The lowest BCUT2D eigenvalue weighted by atomic mass is 9.88. The van der Waals surface area contributed by atoms with Gasteiger partial charge in [0.15, 0.2) is 0 Å². The molecule has 0 aliphatic rings. The van der Waals surface area contributed by atoms with Crippen LogP contribution in [0.25, 0.3) is 0 Å². The molecular formula is C18H23NO2. The van der Waals surface area contributed by atoms with Crippen LogP contribution in [-0.4, -0.2) is 18.8 Å². The van der Waals surface area contributed by atoms with E-state index in [4.69, 9.17) is 10.5 Å². The first-order valence-corrected chi connectivity index (χ1v) is 7.15. The van der Waals surface area contributed by atoms with Crippen molar-refractivity contribution < 1.29 is 9.84 Å². The van der Waals surface area contributed by atoms with E-state index in [-0.39, 0.29) is 5.92 Å². The topological polar surface area (TPSA) is 55.5 Å². The summed E-state index contributed by atoms with van der Waals surface area (Å²) >= 11 is 0. The van der Waals surface area contributed by atoms with E-state index in [1.54, 1.807) is 7.11 Å². The summed E-state index contributed by atoms with van der Waals surface area (Å²) in [6, 6.07) is 13.8. The molecule has 0 spiro atoms. The molecule has 2 unspecified atom stereocenters. The second-order valence-corrected chi connectivity index (χ2v) is 5.48. The van der Waals surface area contributed by atoms with Crippen molar-refractivity contribution in [2.24, 2.45) is 5.73 Å². The fourth-order valence-electron chi connectivity index (χ4n) is 2.71. The summed E-state index contributed by atoms with van der Waals surface area (Å²) in [7, 11) is 1.64. The average Bonchev–Trinajstić information content (AvgIpc) is 2.47. The van der Waals surface area contributed by atoms with Crippen molar-refractivity contribution >= 4 is 0 Å². The molecule has 2 rings (SSSR count). The molecule has 3 nitrogen and oxygen atoms in total. The number of aliphatic hydroxyl groups is 1. The Bertz CT molecular complexity index is 572. The molecule has 21 heavy (non-hydrogen) atoms. The first-order valence-electron chi connectivity index (χ1n) is 7.15. The molecule has 0 saturated carbocycles. The van der Waals surface area contributed by atoms with Crippen LogP contribution in [0.3, 0.4) is 0 Å². The van der Waals surface area contributed by atoms with Gasteiger partial charge in [0.2, 0.25) is 0 Å². The number of hydrogen-bond donors (Lipinski definition) is 2. The molecule has 0 bridgehead atoms. The molecule has 0 radical (unpaired) electrons. The summed E-state index contributed by atoms with van der Waals surface area (Å²) in [5.41, 5.74) is 10.1. The highest BCUT2D eigenvalue weighted by molar-refractivity contribution is 5.35. The van der Waals surface area contributed by atoms with Gasteiger partial charge in [-0.25, -0.2) is 0 Å². The molecule has 0 aliphatic heterocycles. The zero-order valence-electron chi connectivity index (χ0n) is 12.8. The van der Waals surface area contributed by atoms with Crippen LogP contribution >= 0.6 is 0 Å². The highest BCUT2D eigenvalue weighted by Crippen LogP contribution is 2.32. The fourth-order valence-corrected chi connectivity index (χ4v) is 2.71. The summed E-state index contributed by atoms with van der Waals surface area (Å²) in [6.07, 6.45) is -0.609. The van der Waals surface area contributed by atoms with Gasteiger partial charge in [-0.2, -0.15) is 0 Å². The third kappa shape index (κ3) is 3.63. The molecule has 0 fully saturated rings. The lowest BCUT2D eigenvalue weighted by molar-refractivity contribution is 0.147. The second kappa shape index (κ2) is 6.74. The van der Waals surface area contributed by atoms with Gasteiger partial charge >= 0.3 is 0 Å². The number of rotatable bonds is 5. The quantitative estimate of drug-likeness (QED) is 0.887. The Morgan fingerprint density at radius 3 is 2.05 bits per heavy atom. The Hall–Kier alpha value is -1.84. The zero-order chi connectivity index (χ0) is 15.4. The maximum absolute atomic E-state index is 10.7. The van der Waals surface area contributed by atoms with Crippen LogP contribution in [0.15, 0.2) is 42.5 Å². The minimum atomic E-state index is -0.609. The second-order valence-electron chi connectivity index (χ2n) is 5.48. The number of nitrogens with two attached hydrogens (primary N) is 1. The maximum atomic E-state index is 10.7. The van der Waals surface area contributed by atoms with Crippen LogP contribution in [0.2, 0.25) is 0 Å². The Kier molecular flexibility index (Phi) is 4.99. The first-order chi connectivity index (χ1) is 10.0. The summed E-state index contributed by atoms with van der Waals surface area (Å²) < 4.78 is 5.17. The molecule has 3 heteroatoms. The number of ether oxygens (including phenoxy) is 1. The van der Waals surface area contributed by atoms with Crippen molar-refractivity contribution in [2.45, 2.75) is 25.9 Å². The zero-order valence-corrected chi connectivity index (χ0v) is 12.8. The molecular weight excluding hydrogens is 262 g/mol. The normalized spacial score (nSPS) is 13.8. The van der Waals surface area contributed by atoms with Crippen LogP contribution in [-0.2, 0) is 0 Å². The van der Waals surface area contributed by atoms with Crippen molar-refractivity contribution in [1.29, 1.82) is 0 Å². The largest absolute Gasteiger partial charge is 0.497 e. The third-order valence-corrected chi connectivity index (χ3v) is 3.76. The van der Waals surface area contributed by atoms with E-state index in [9.17, 15) is 5.11 Å². The van der Waals surface area contributed by atoms with Crippen LogP contribution < -0.4 is 10.5 Å². The van der Waals surface area contributed by atoms with Gasteiger partial charge in [0.25, 0.3) is 0 Å². The lowest BCUT2D eigenvalue weighted by Crippen LogP contribution is -2.20. The molecule has 0 amide bonds. The highest BCUT2D eigenvalue weighted by atomic mass is 16.5. The van der Waals surface area contributed by atoms with Crippen molar-refractivity contribution in [3.63, 3.8) is 0 Å². The molecule has 0 aromatic heterocycles. The van der Waals surface area contributed by atoms with Gasteiger partial charge in [-0.05, 0) is 37.1 Å². The van der Waals surface area contributed by atoms with Gasteiger partial charge in [0.1, 0.15) is 5.75 Å². The smallest absolute Gasteiger partial charge is 0.118 e. The average molecular weight is 285 g/mol. The standard InChI is InChI=1S/C18H23NO2/c1-12-8-13(2)10-15(9-12)18(20)17(11-19)14-4-6-16(21-3)7-5-14/h4-10,17-18,20H,11,19H2,1-3H3. The molecule has 0 saturated heterocycles. The number of hydrogen-bond acceptors (Lipinski definition) is 3. The van der Waals surface area contributed by atoms with Crippen molar-refractivity contribution in [3.8, 4) is 5.75 Å². The third-order valence-electron chi connectivity index (χ3n) is 3.76. The van der Waals surface area contributed by atoms with E-state index < -0.39 is 6.10 Å². The van der Waals surface area contributed by atoms with Crippen LogP contribution in [0.1, 0.15) is 34.3 Å². The summed E-state index contributed by atoms with van der Waals surface area (Å²) in [5.74, 6) is 0.674. The predicted octanol–water partition coefficient (Wildman–Crippen LogP) is 3.09. The summed E-state index contributed by atoms with van der Waals surface area (Å²) in [6.45, 7) is 4.46. The highest BCUT2D eigenvalue weighted by Gasteiger charge is 2.22. The van der Waals surface area contributed by atoms with Crippen LogP contribution in [0, 0.1) is 13.8 Å². The van der Waals surface area contributed by atoms with E-state index in [0.29, 0.717) is 6.54 Å². The Morgan fingerprint density at radius 1 is 1.00 bits per heavy atom. The molecule has 2 atom stereocenters. The van der Waals surface area contributed by atoms with Gasteiger partial charge in [-0.15, -0.1) is 0 Å². The van der Waals surface area contributed by atoms with E-state index in [1.807, 2.05) is 50.2 Å². The van der Waals surface area contributed by atoms with E-state index in [0.717, 1.165) is 28.0 Å². The summed E-state index contributed by atoms with van der Waals surface area (Å²) in [5, 5.41) is 10.7. The number of benzene rings is 2. The van der Waals surface area contributed by atoms with Crippen molar-refractivity contribution in [1.82, 2.24) is 0 Å². The number of aliphatic hydroxyl groups excluding tert-OH is 1. The predicted molar refractivity (Wildman–Crippen MR) is 85.7 cm³/mol. The molecule has 3 N–H and O–H groups in total. The molecule has 0 aliphatic carbocycles. The van der Waals surface area contributed by atoms with Gasteiger partial charge < -0.3 is 15.6 Å². The Labute approximate surface area is 126 Å². The van der Waals surface area contributed by atoms with Crippen LogP contribution in [0.5, 0.6) is 5.75 Å². The van der Waals surface area contributed by atoms with Gasteiger partial charge in [-0.1, -0.05) is 41.5 Å². The SMILES string of the molecule is COc1ccc(C(CN)C(O)c2cc(C)cc(C)c2)cc1. The molecule has 112 valence electrons. The fraction of sp³-hybridized carbons (Fsp3) is 0.333. The molecule has 2 aromatic rings. The first kappa shape index (κ1) is 15.5. The molecule has 2 aromatic carbocycles. The van der Waals surface area contributed by atoms with Crippen molar-refractivity contribution in [3.05, 3.63) is 64.7 Å².